The summed E-state index contributed by atoms with van der Waals surface area (Å²) < 4.78 is 27.4. The van der Waals surface area contributed by atoms with Gasteiger partial charge in [0.2, 0.25) is 5.91 Å². The van der Waals surface area contributed by atoms with Crippen LogP contribution in [0.3, 0.4) is 0 Å². The van der Waals surface area contributed by atoms with Crippen molar-refractivity contribution in [1.29, 1.82) is 0 Å². The van der Waals surface area contributed by atoms with Crippen LogP contribution in [0.5, 0.6) is 0 Å². The first-order chi connectivity index (χ1) is 9.89. The molecule has 1 aromatic rings. The van der Waals surface area contributed by atoms with Crippen LogP contribution in [-0.4, -0.2) is 31.7 Å². The Kier molecular flexibility index (Phi) is 4.91. The van der Waals surface area contributed by atoms with Gasteiger partial charge >= 0.3 is 10.2 Å². The molecule has 0 bridgehead atoms. The van der Waals surface area contributed by atoms with Gasteiger partial charge in [0.05, 0.1) is 0 Å². The van der Waals surface area contributed by atoms with Crippen LogP contribution in [0.4, 0.5) is 0 Å². The molecule has 21 heavy (non-hydrogen) atoms. The molecule has 1 aliphatic carbocycles. The Morgan fingerprint density at radius 3 is 2.38 bits per heavy atom. The van der Waals surface area contributed by atoms with Gasteiger partial charge in [0.1, 0.15) is 0 Å². The second-order valence-electron chi connectivity index (χ2n) is 5.06. The maximum atomic E-state index is 12.1. The zero-order chi connectivity index (χ0) is 15.6. The van der Waals surface area contributed by atoms with Crippen LogP contribution >= 0.6 is 11.6 Å². The molecule has 1 saturated carbocycles. The van der Waals surface area contributed by atoms with Crippen LogP contribution in [0.1, 0.15) is 31.7 Å². The highest BCUT2D eigenvalue weighted by Gasteiger charge is 2.45. The molecule has 1 fully saturated rings. The second-order valence-corrected chi connectivity index (χ2v) is 7.16. The first-order valence-corrected chi connectivity index (χ1v) is 8.78. The number of carbonyl (C=O) groups is 1. The van der Waals surface area contributed by atoms with Crippen molar-refractivity contribution in [2.75, 3.05) is 13.1 Å². The van der Waals surface area contributed by atoms with Crippen molar-refractivity contribution in [2.24, 2.45) is 5.92 Å². The topological polar surface area (TPSA) is 66.5 Å². The quantitative estimate of drug-likeness (QED) is 0.869. The molecule has 2 atom stereocenters. The molecule has 0 heterocycles. The van der Waals surface area contributed by atoms with Crippen molar-refractivity contribution in [3.63, 3.8) is 0 Å². The zero-order valence-electron chi connectivity index (χ0n) is 12.0. The summed E-state index contributed by atoms with van der Waals surface area (Å²) in [5.41, 5.74) is 1.01. The zero-order valence-corrected chi connectivity index (χ0v) is 13.6. The van der Waals surface area contributed by atoms with Crippen LogP contribution in [0.2, 0.25) is 5.02 Å². The van der Waals surface area contributed by atoms with Crippen LogP contribution in [0.15, 0.2) is 24.3 Å². The number of hydrogen-bond acceptors (Lipinski definition) is 3. The first-order valence-electron chi connectivity index (χ1n) is 6.96. The Hall–Kier alpha value is -1.11. The van der Waals surface area contributed by atoms with E-state index < -0.39 is 16.1 Å². The van der Waals surface area contributed by atoms with Gasteiger partial charge in [-0.3, -0.25) is 4.79 Å². The number of hydrogen-bond donors (Lipinski definition) is 1. The van der Waals surface area contributed by atoms with E-state index in [-0.39, 0.29) is 11.8 Å². The monoisotopic (exact) mass is 330 g/mol. The normalized spacial score (nSPS) is 21.3. The molecule has 2 rings (SSSR count). The van der Waals surface area contributed by atoms with Crippen molar-refractivity contribution in [3.8, 4) is 0 Å². The molecular formula is C14H19ClN2O3S. The van der Waals surface area contributed by atoms with E-state index in [0.29, 0.717) is 24.5 Å². The van der Waals surface area contributed by atoms with E-state index in [0.717, 1.165) is 5.56 Å². The summed E-state index contributed by atoms with van der Waals surface area (Å²) in [6.45, 7) is 4.15. The van der Waals surface area contributed by atoms with Gasteiger partial charge in [0.25, 0.3) is 0 Å². The minimum Gasteiger partial charge on any atom is -0.274 e. The van der Waals surface area contributed by atoms with E-state index >= 15 is 0 Å². The molecule has 7 heteroatoms. The molecule has 1 aliphatic rings. The number of rotatable bonds is 6. The standard InChI is InChI=1S/C14H19ClN2O3S/c1-3-17(4-2)21(19,20)16-14(18)13-9-12(13)10-5-7-11(15)8-6-10/h5-8,12-13H,3-4,9H2,1-2H3,(H,16,18). The summed E-state index contributed by atoms with van der Waals surface area (Å²) in [6, 6.07) is 7.30. The summed E-state index contributed by atoms with van der Waals surface area (Å²) in [5, 5.41) is 0.643. The fraction of sp³-hybridized carbons (Fsp3) is 0.500. The number of amides is 1. The Morgan fingerprint density at radius 1 is 1.29 bits per heavy atom. The largest absolute Gasteiger partial charge is 0.303 e. The van der Waals surface area contributed by atoms with Crippen molar-refractivity contribution < 1.29 is 13.2 Å². The predicted octanol–water partition coefficient (Wildman–Crippen LogP) is 2.15. The predicted molar refractivity (Wildman–Crippen MR) is 82.3 cm³/mol. The van der Waals surface area contributed by atoms with Crippen LogP contribution in [-0.2, 0) is 15.0 Å². The molecule has 0 radical (unpaired) electrons. The lowest BCUT2D eigenvalue weighted by atomic mass is 10.1. The van der Waals surface area contributed by atoms with Crippen LogP contribution in [0, 0.1) is 5.92 Å². The SMILES string of the molecule is CCN(CC)S(=O)(=O)NC(=O)C1CC1c1ccc(Cl)cc1. The van der Waals surface area contributed by atoms with Crippen molar-refractivity contribution in [2.45, 2.75) is 26.2 Å². The molecule has 5 nitrogen and oxygen atoms in total. The Bertz CT molecular complexity index is 612. The van der Waals surface area contributed by atoms with Crippen molar-refractivity contribution in [1.82, 2.24) is 9.03 Å². The van der Waals surface area contributed by atoms with Crippen molar-refractivity contribution in [3.05, 3.63) is 34.9 Å². The molecule has 1 aromatic carbocycles. The van der Waals surface area contributed by atoms with E-state index in [2.05, 4.69) is 4.72 Å². The molecule has 116 valence electrons. The molecule has 0 aromatic heterocycles. The summed E-state index contributed by atoms with van der Waals surface area (Å²) in [7, 11) is -3.73. The van der Waals surface area contributed by atoms with E-state index in [9.17, 15) is 13.2 Å². The van der Waals surface area contributed by atoms with Gasteiger partial charge < -0.3 is 0 Å². The number of carbonyl (C=O) groups excluding carboxylic acids is 1. The fourth-order valence-electron chi connectivity index (χ4n) is 2.39. The summed E-state index contributed by atoms with van der Waals surface area (Å²) in [5.74, 6) is -0.632. The van der Waals surface area contributed by atoms with Gasteiger partial charge in [-0.15, -0.1) is 0 Å². The molecule has 2 unspecified atom stereocenters. The highest BCUT2D eigenvalue weighted by molar-refractivity contribution is 7.87. The van der Waals surface area contributed by atoms with Gasteiger partial charge in [0, 0.05) is 24.0 Å². The first kappa shape index (κ1) is 16.3. The molecule has 1 amide bonds. The lowest BCUT2D eigenvalue weighted by Gasteiger charge is -2.18. The van der Waals surface area contributed by atoms with Gasteiger partial charge in [-0.2, -0.15) is 12.7 Å². The smallest absolute Gasteiger partial charge is 0.274 e. The van der Waals surface area contributed by atoms with Gasteiger partial charge in [0.15, 0.2) is 0 Å². The van der Waals surface area contributed by atoms with E-state index in [1.54, 1.807) is 26.0 Å². The average Bonchev–Trinajstić information content (AvgIpc) is 3.20. The van der Waals surface area contributed by atoms with E-state index in [4.69, 9.17) is 11.6 Å². The Labute approximate surface area is 130 Å². The summed E-state index contributed by atoms with van der Waals surface area (Å²) in [4.78, 5) is 12.1. The molecule has 0 saturated heterocycles. The van der Waals surface area contributed by atoms with Crippen LogP contribution in [0.25, 0.3) is 0 Å². The fourth-order valence-corrected chi connectivity index (χ4v) is 3.73. The molecule has 0 spiro atoms. The highest BCUT2D eigenvalue weighted by atomic mass is 35.5. The van der Waals surface area contributed by atoms with Gasteiger partial charge in [-0.25, -0.2) is 4.72 Å². The maximum absolute atomic E-state index is 12.1. The lowest BCUT2D eigenvalue weighted by molar-refractivity contribution is -0.120. The van der Waals surface area contributed by atoms with Gasteiger partial charge in [-0.1, -0.05) is 37.6 Å². The van der Waals surface area contributed by atoms with Crippen molar-refractivity contribution >= 4 is 27.7 Å². The van der Waals surface area contributed by atoms with E-state index in [1.807, 2.05) is 12.1 Å². The molecular weight excluding hydrogens is 312 g/mol. The Balaban J connectivity index is 1.99. The molecule has 1 N–H and O–H groups in total. The number of nitrogens with zero attached hydrogens (tertiary/aromatic N) is 1. The second kappa shape index (κ2) is 6.34. The third-order valence-electron chi connectivity index (χ3n) is 3.70. The third kappa shape index (κ3) is 3.75. The molecule has 0 aliphatic heterocycles. The number of benzene rings is 1. The lowest BCUT2D eigenvalue weighted by Crippen LogP contribution is -2.44. The minimum atomic E-state index is -3.73. The minimum absolute atomic E-state index is 0.0779. The van der Waals surface area contributed by atoms with Crippen LogP contribution < -0.4 is 4.72 Å². The highest BCUT2D eigenvalue weighted by Crippen LogP contribution is 2.47. The maximum Gasteiger partial charge on any atom is 0.303 e. The Morgan fingerprint density at radius 2 is 1.86 bits per heavy atom. The number of nitrogens with one attached hydrogen (secondary N) is 1. The average molecular weight is 331 g/mol. The van der Waals surface area contributed by atoms with Gasteiger partial charge in [-0.05, 0) is 30.0 Å². The number of halogens is 1. The summed E-state index contributed by atoms with van der Waals surface area (Å²) in [6.07, 6.45) is 0.668. The summed E-state index contributed by atoms with van der Waals surface area (Å²) >= 11 is 5.83. The third-order valence-corrected chi connectivity index (χ3v) is 5.61. The van der Waals surface area contributed by atoms with E-state index in [1.165, 1.54) is 4.31 Å².